The largest absolute Gasteiger partial charge is 0.378 e. The van der Waals surface area contributed by atoms with Crippen molar-refractivity contribution < 1.29 is 4.74 Å². The zero-order valence-corrected chi connectivity index (χ0v) is 13.1. The Hall–Kier alpha value is -1.88. The van der Waals surface area contributed by atoms with Gasteiger partial charge in [0.25, 0.3) is 0 Å². The second kappa shape index (κ2) is 7.78. The maximum atomic E-state index is 5.42. The van der Waals surface area contributed by atoms with E-state index in [9.17, 15) is 0 Å². The fourth-order valence-corrected chi connectivity index (χ4v) is 2.16. The lowest BCUT2D eigenvalue weighted by molar-refractivity contribution is 0.0676. The van der Waals surface area contributed by atoms with Crippen LogP contribution in [0.1, 0.15) is 13.3 Å². The molecule has 0 amide bonds. The first-order valence-electron chi connectivity index (χ1n) is 7.42. The Bertz CT molecular complexity index is 490. The number of guanidine groups is 1. The molecule has 0 bridgehead atoms. The zero-order chi connectivity index (χ0) is 15.1. The van der Waals surface area contributed by atoms with Gasteiger partial charge in [-0.15, -0.1) is 0 Å². The number of nitrogens with zero attached hydrogens (tertiary/aromatic N) is 4. The Labute approximate surface area is 126 Å². The Kier molecular flexibility index (Phi) is 5.75. The Morgan fingerprint density at radius 3 is 2.43 bits per heavy atom. The quantitative estimate of drug-likeness (QED) is 0.619. The second-order valence-electron chi connectivity index (χ2n) is 5.12. The first-order valence-corrected chi connectivity index (χ1v) is 7.42. The van der Waals surface area contributed by atoms with Crippen molar-refractivity contribution >= 4 is 17.5 Å². The van der Waals surface area contributed by atoms with Gasteiger partial charge in [0.1, 0.15) is 5.84 Å². The van der Waals surface area contributed by atoms with Gasteiger partial charge in [0.05, 0.1) is 18.9 Å². The average molecular weight is 288 g/mol. The lowest BCUT2D eigenvalue weighted by Crippen LogP contribution is -2.41. The number of morpholine rings is 1. The van der Waals surface area contributed by atoms with Gasteiger partial charge in [-0.05, 0) is 12.1 Å². The Morgan fingerprint density at radius 1 is 1.19 bits per heavy atom. The van der Waals surface area contributed by atoms with Crippen LogP contribution in [0.15, 0.2) is 40.3 Å². The number of benzene rings is 1. The zero-order valence-electron chi connectivity index (χ0n) is 13.1. The Balaban J connectivity index is 2.31. The number of hydrogen-bond acceptors (Lipinski definition) is 2. The normalized spacial score (nSPS) is 17.0. The molecule has 0 saturated carbocycles. The number of rotatable bonds is 2. The van der Waals surface area contributed by atoms with Gasteiger partial charge in [0, 0.05) is 33.6 Å². The summed E-state index contributed by atoms with van der Waals surface area (Å²) in [7, 11) is 4.03. The van der Waals surface area contributed by atoms with E-state index in [0.29, 0.717) is 0 Å². The highest BCUT2D eigenvalue weighted by Gasteiger charge is 2.16. The second-order valence-corrected chi connectivity index (χ2v) is 5.12. The van der Waals surface area contributed by atoms with Crippen LogP contribution in [0.25, 0.3) is 0 Å². The van der Waals surface area contributed by atoms with Crippen LogP contribution in [0.5, 0.6) is 0 Å². The molecule has 1 aliphatic heterocycles. The highest BCUT2D eigenvalue weighted by molar-refractivity contribution is 5.96. The van der Waals surface area contributed by atoms with E-state index in [4.69, 9.17) is 14.7 Å². The third-order valence-corrected chi connectivity index (χ3v) is 3.34. The van der Waals surface area contributed by atoms with E-state index < -0.39 is 0 Å². The van der Waals surface area contributed by atoms with Crippen molar-refractivity contribution in [2.75, 3.05) is 40.4 Å². The van der Waals surface area contributed by atoms with Gasteiger partial charge in [-0.2, -0.15) is 0 Å². The van der Waals surface area contributed by atoms with E-state index in [1.54, 1.807) is 0 Å². The molecule has 2 rings (SSSR count). The molecule has 1 heterocycles. The molecule has 5 heteroatoms. The van der Waals surface area contributed by atoms with Crippen LogP contribution >= 0.6 is 0 Å². The minimum Gasteiger partial charge on any atom is -0.378 e. The molecule has 0 N–H and O–H groups in total. The minimum atomic E-state index is 0.729. The summed E-state index contributed by atoms with van der Waals surface area (Å²) >= 11 is 0. The van der Waals surface area contributed by atoms with Gasteiger partial charge in [0.2, 0.25) is 5.96 Å². The maximum absolute atomic E-state index is 5.42. The molecule has 0 unspecified atom stereocenters. The van der Waals surface area contributed by atoms with Crippen molar-refractivity contribution in [2.24, 2.45) is 9.98 Å². The molecular weight excluding hydrogens is 264 g/mol. The van der Waals surface area contributed by atoms with Crippen molar-refractivity contribution in [3.8, 4) is 0 Å². The number of hydrogen-bond donors (Lipinski definition) is 0. The Morgan fingerprint density at radius 2 is 1.86 bits per heavy atom. The van der Waals surface area contributed by atoms with Gasteiger partial charge < -0.3 is 14.5 Å². The molecule has 1 aromatic rings. The molecule has 0 aromatic heterocycles. The number of amidine groups is 1. The highest BCUT2D eigenvalue weighted by Crippen LogP contribution is 2.13. The summed E-state index contributed by atoms with van der Waals surface area (Å²) in [6.07, 6.45) is 0.880. The SMILES string of the molecule is CC/C(=N\C(=Nc1ccccc1)N1CCOCC1)N(C)C. The van der Waals surface area contributed by atoms with Crippen LogP contribution in [0.2, 0.25) is 0 Å². The predicted octanol–water partition coefficient (Wildman–Crippen LogP) is 2.38. The first kappa shape index (κ1) is 15.5. The molecule has 21 heavy (non-hydrogen) atoms. The molecule has 114 valence electrons. The van der Waals surface area contributed by atoms with Crippen molar-refractivity contribution in [2.45, 2.75) is 13.3 Å². The lowest BCUT2D eigenvalue weighted by atomic mass is 10.3. The summed E-state index contributed by atoms with van der Waals surface area (Å²) in [5.41, 5.74) is 0.928. The van der Waals surface area contributed by atoms with Crippen LogP contribution in [-0.2, 0) is 4.74 Å². The summed E-state index contributed by atoms with van der Waals surface area (Å²) in [6.45, 7) is 5.23. The summed E-state index contributed by atoms with van der Waals surface area (Å²) in [5, 5.41) is 0. The monoisotopic (exact) mass is 288 g/mol. The molecule has 0 atom stereocenters. The number of ether oxygens (including phenoxy) is 1. The standard InChI is InChI=1S/C16H24N4O/c1-4-15(19(2)3)18-16(20-10-12-21-13-11-20)17-14-8-6-5-7-9-14/h5-9H,4,10-13H2,1-3H3/b17-16?,18-15+. The van der Waals surface area contributed by atoms with Crippen molar-refractivity contribution in [3.05, 3.63) is 30.3 Å². The van der Waals surface area contributed by atoms with Crippen molar-refractivity contribution in [1.82, 2.24) is 9.80 Å². The van der Waals surface area contributed by atoms with E-state index in [0.717, 1.165) is 50.2 Å². The van der Waals surface area contributed by atoms with Gasteiger partial charge in [-0.3, -0.25) is 0 Å². The summed E-state index contributed by atoms with van der Waals surface area (Å²) in [4.78, 5) is 13.7. The van der Waals surface area contributed by atoms with Gasteiger partial charge in [-0.25, -0.2) is 9.98 Å². The van der Waals surface area contributed by atoms with E-state index in [1.165, 1.54) is 0 Å². The van der Waals surface area contributed by atoms with Gasteiger partial charge in [0.15, 0.2) is 0 Å². The van der Waals surface area contributed by atoms with E-state index >= 15 is 0 Å². The van der Waals surface area contributed by atoms with E-state index in [1.807, 2.05) is 49.3 Å². The third-order valence-electron chi connectivity index (χ3n) is 3.34. The first-order chi connectivity index (χ1) is 10.2. The number of para-hydroxylation sites is 1. The van der Waals surface area contributed by atoms with Crippen molar-refractivity contribution in [3.63, 3.8) is 0 Å². The fourth-order valence-electron chi connectivity index (χ4n) is 2.16. The maximum Gasteiger partial charge on any atom is 0.227 e. The molecule has 5 nitrogen and oxygen atoms in total. The topological polar surface area (TPSA) is 40.4 Å². The molecule has 0 aliphatic carbocycles. The van der Waals surface area contributed by atoms with Crippen molar-refractivity contribution in [1.29, 1.82) is 0 Å². The summed E-state index contributed by atoms with van der Waals surface area (Å²) < 4.78 is 5.42. The van der Waals surface area contributed by atoms with Crippen LogP contribution < -0.4 is 0 Å². The molecule has 1 saturated heterocycles. The molecule has 0 radical (unpaired) electrons. The fraction of sp³-hybridized carbons (Fsp3) is 0.500. The van der Waals surface area contributed by atoms with Crippen LogP contribution in [0.3, 0.4) is 0 Å². The molecule has 1 fully saturated rings. The molecule has 1 aromatic carbocycles. The predicted molar refractivity (Wildman–Crippen MR) is 87.3 cm³/mol. The minimum absolute atomic E-state index is 0.729. The van der Waals surface area contributed by atoms with Gasteiger partial charge >= 0.3 is 0 Å². The summed E-state index contributed by atoms with van der Waals surface area (Å²) in [5.74, 6) is 1.80. The smallest absolute Gasteiger partial charge is 0.227 e. The van der Waals surface area contributed by atoms with E-state index in [2.05, 4.69) is 11.8 Å². The van der Waals surface area contributed by atoms with Crippen LogP contribution in [0.4, 0.5) is 5.69 Å². The average Bonchev–Trinajstić information content (AvgIpc) is 2.53. The third kappa shape index (κ3) is 4.56. The lowest BCUT2D eigenvalue weighted by Gasteiger charge is -2.28. The summed E-state index contributed by atoms with van der Waals surface area (Å²) in [6, 6.07) is 9.97. The van der Waals surface area contributed by atoms with Gasteiger partial charge in [-0.1, -0.05) is 25.1 Å². The molecular formula is C16H24N4O. The van der Waals surface area contributed by atoms with Crippen LogP contribution in [0, 0.1) is 0 Å². The van der Waals surface area contributed by atoms with E-state index in [-0.39, 0.29) is 0 Å². The molecule has 0 spiro atoms. The van der Waals surface area contributed by atoms with Crippen LogP contribution in [-0.4, -0.2) is 62.0 Å². The highest BCUT2D eigenvalue weighted by atomic mass is 16.5. The molecule has 1 aliphatic rings. The number of aliphatic imine (C=N–C) groups is 2.